The summed E-state index contributed by atoms with van der Waals surface area (Å²) in [5.74, 6) is 0.335. The molecule has 0 unspecified atom stereocenters. The van der Waals surface area contributed by atoms with E-state index in [9.17, 15) is 4.79 Å². The average molecular weight is 294 g/mol. The molecule has 0 radical (unpaired) electrons. The Morgan fingerprint density at radius 2 is 1.91 bits per heavy atom. The fraction of sp³-hybridized carbons (Fsp3) is 0.125. The molecule has 6 heteroatoms. The minimum Gasteiger partial charge on any atom is -0.497 e. The van der Waals surface area contributed by atoms with Gasteiger partial charge in [-0.25, -0.2) is 4.98 Å². The van der Waals surface area contributed by atoms with E-state index in [0.29, 0.717) is 23.3 Å². The molecule has 0 saturated carbocycles. The second-order valence-corrected chi connectivity index (χ2v) is 4.66. The van der Waals surface area contributed by atoms with Crippen molar-refractivity contribution in [3.05, 3.63) is 59.9 Å². The molecule has 1 aromatic heterocycles. The predicted molar refractivity (Wildman–Crippen MR) is 81.5 cm³/mol. The van der Waals surface area contributed by atoms with E-state index in [4.69, 9.17) is 4.74 Å². The molecule has 0 fully saturated rings. The number of amides is 1. The highest BCUT2D eigenvalue weighted by molar-refractivity contribution is 5.91. The van der Waals surface area contributed by atoms with Crippen molar-refractivity contribution in [3.63, 3.8) is 0 Å². The summed E-state index contributed by atoms with van der Waals surface area (Å²) in [7, 11) is 1.57. The molecule has 22 heavy (non-hydrogen) atoms. The third-order valence-electron chi connectivity index (χ3n) is 3.16. The molecule has 0 atom stereocenters. The van der Waals surface area contributed by atoms with E-state index in [-0.39, 0.29) is 11.7 Å². The lowest BCUT2D eigenvalue weighted by molar-refractivity contribution is 0.0939. The number of fused-ring (bicyclic) bond motifs is 1. The first-order valence-electron chi connectivity index (χ1n) is 6.77. The second kappa shape index (κ2) is 6.17. The summed E-state index contributed by atoms with van der Waals surface area (Å²) in [6.45, 7) is 0.416. The van der Waals surface area contributed by atoms with Crippen LogP contribution < -0.4 is 10.1 Å². The second-order valence-electron chi connectivity index (χ2n) is 4.66. The summed E-state index contributed by atoms with van der Waals surface area (Å²) in [5, 5.41) is 10.6. The number of hydrogen-bond acceptors (Lipinski definition) is 5. The first-order chi connectivity index (χ1) is 10.8. The first-order valence-corrected chi connectivity index (χ1v) is 6.77. The number of benzene rings is 2. The number of carbonyl (C=O) groups is 1. The molecule has 3 aromatic rings. The molecule has 1 amide bonds. The van der Waals surface area contributed by atoms with Crippen LogP contribution in [0.2, 0.25) is 0 Å². The molecular weight excluding hydrogens is 280 g/mol. The molecule has 110 valence electrons. The fourth-order valence-corrected chi connectivity index (χ4v) is 2.00. The lowest BCUT2D eigenvalue weighted by Crippen LogP contribution is -2.25. The molecule has 2 aromatic carbocycles. The van der Waals surface area contributed by atoms with Crippen molar-refractivity contribution in [1.82, 2.24) is 20.5 Å². The predicted octanol–water partition coefficient (Wildman–Crippen LogP) is 1.96. The smallest absolute Gasteiger partial charge is 0.291 e. The number of rotatable bonds is 4. The maximum absolute atomic E-state index is 12.1. The Balaban J connectivity index is 1.78. The van der Waals surface area contributed by atoms with Crippen LogP contribution in [0.1, 0.15) is 16.2 Å². The normalized spacial score (nSPS) is 10.4. The molecule has 1 heterocycles. The van der Waals surface area contributed by atoms with Crippen LogP contribution in [0.4, 0.5) is 0 Å². The lowest BCUT2D eigenvalue weighted by atomic mass is 10.2. The molecule has 0 aliphatic rings. The first kappa shape index (κ1) is 13.9. The van der Waals surface area contributed by atoms with Gasteiger partial charge in [-0.05, 0) is 17.7 Å². The van der Waals surface area contributed by atoms with E-state index in [1.165, 1.54) is 0 Å². The standard InChI is InChI=1S/C16H14N4O2/c1-22-12-7-8-13-14(9-12)18-15(20-19-13)16(21)17-10-11-5-3-2-4-6-11/h2-9H,10H2,1H3,(H,17,21). The van der Waals surface area contributed by atoms with E-state index < -0.39 is 0 Å². The highest BCUT2D eigenvalue weighted by atomic mass is 16.5. The summed E-state index contributed by atoms with van der Waals surface area (Å²) in [5.41, 5.74) is 2.19. The van der Waals surface area contributed by atoms with Gasteiger partial charge in [0.2, 0.25) is 5.82 Å². The maximum Gasteiger partial charge on any atom is 0.291 e. The van der Waals surface area contributed by atoms with Crippen molar-refractivity contribution in [2.24, 2.45) is 0 Å². The average Bonchev–Trinajstić information content (AvgIpc) is 2.59. The number of methoxy groups -OCH3 is 1. The molecule has 0 bridgehead atoms. The summed E-state index contributed by atoms with van der Waals surface area (Å²) in [6, 6.07) is 14.9. The molecule has 6 nitrogen and oxygen atoms in total. The zero-order valence-corrected chi connectivity index (χ0v) is 12.0. The van der Waals surface area contributed by atoms with Gasteiger partial charge in [0.15, 0.2) is 0 Å². The Morgan fingerprint density at radius 3 is 2.68 bits per heavy atom. The minimum absolute atomic E-state index is 0.0386. The van der Waals surface area contributed by atoms with Gasteiger partial charge in [0, 0.05) is 12.6 Å². The third-order valence-corrected chi connectivity index (χ3v) is 3.16. The van der Waals surface area contributed by atoms with Gasteiger partial charge in [0.05, 0.1) is 12.6 Å². The van der Waals surface area contributed by atoms with Gasteiger partial charge in [-0.2, -0.15) is 0 Å². The lowest BCUT2D eigenvalue weighted by Gasteiger charge is -2.05. The SMILES string of the molecule is COc1ccc2nnc(C(=O)NCc3ccccc3)nc2c1. The van der Waals surface area contributed by atoms with E-state index in [0.717, 1.165) is 5.56 Å². The van der Waals surface area contributed by atoms with Crippen LogP contribution in [0.25, 0.3) is 11.0 Å². The number of aromatic nitrogens is 3. The Bertz CT molecular complexity index is 806. The van der Waals surface area contributed by atoms with E-state index >= 15 is 0 Å². The highest BCUT2D eigenvalue weighted by Crippen LogP contribution is 2.16. The molecule has 1 N–H and O–H groups in total. The number of nitrogens with zero attached hydrogens (tertiary/aromatic N) is 3. The zero-order valence-electron chi connectivity index (χ0n) is 12.0. The summed E-state index contributed by atoms with van der Waals surface area (Å²) >= 11 is 0. The zero-order chi connectivity index (χ0) is 15.4. The van der Waals surface area contributed by atoms with E-state index in [1.807, 2.05) is 30.3 Å². The Morgan fingerprint density at radius 1 is 1.09 bits per heavy atom. The van der Waals surface area contributed by atoms with Gasteiger partial charge in [-0.15, -0.1) is 10.2 Å². The van der Waals surface area contributed by atoms with Crippen LogP contribution in [0, 0.1) is 0 Å². The Hall–Kier alpha value is -3.02. The quantitative estimate of drug-likeness (QED) is 0.796. The van der Waals surface area contributed by atoms with Crippen LogP contribution >= 0.6 is 0 Å². The van der Waals surface area contributed by atoms with Crippen molar-refractivity contribution in [3.8, 4) is 5.75 Å². The third kappa shape index (κ3) is 3.01. The summed E-state index contributed by atoms with van der Waals surface area (Å²) in [4.78, 5) is 16.3. The number of carbonyl (C=O) groups excluding carboxylic acids is 1. The molecule has 0 saturated heterocycles. The van der Waals surface area contributed by atoms with Gasteiger partial charge in [-0.3, -0.25) is 4.79 Å². The summed E-state index contributed by atoms with van der Waals surface area (Å²) < 4.78 is 5.14. The van der Waals surface area contributed by atoms with Crippen molar-refractivity contribution in [1.29, 1.82) is 0 Å². The van der Waals surface area contributed by atoms with Crippen LogP contribution in [0.3, 0.4) is 0 Å². The monoisotopic (exact) mass is 294 g/mol. The molecule has 0 spiro atoms. The largest absolute Gasteiger partial charge is 0.497 e. The maximum atomic E-state index is 12.1. The van der Waals surface area contributed by atoms with Crippen LogP contribution in [-0.2, 0) is 6.54 Å². The Kier molecular flexibility index (Phi) is 3.91. The van der Waals surface area contributed by atoms with Gasteiger partial charge >= 0.3 is 0 Å². The van der Waals surface area contributed by atoms with Gasteiger partial charge < -0.3 is 10.1 Å². The van der Waals surface area contributed by atoms with Crippen molar-refractivity contribution in [2.45, 2.75) is 6.54 Å². The van der Waals surface area contributed by atoms with Crippen molar-refractivity contribution >= 4 is 16.9 Å². The van der Waals surface area contributed by atoms with Gasteiger partial charge in [0.1, 0.15) is 11.3 Å². The fourth-order valence-electron chi connectivity index (χ4n) is 2.00. The number of nitrogens with one attached hydrogen (secondary N) is 1. The van der Waals surface area contributed by atoms with Crippen molar-refractivity contribution in [2.75, 3.05) is 7.11 Å². The Labute approximate surface area is 127 Å². The molecule has 0 aliphatic heterocycles. The highest BCUT2D eigenvalue weighted by Gasteiger charge is 2.11. The van der Waals surface area contributed by atoms with E-state index in [1.54, 1.807) is 25.3 Å². The van der Waals surface area contributed by atoms with Gasteiger partial charge in [0.25, 0.3) is 5.91 Å². The minimum atomic E-state index is -0.360. The summed E-state index contributed by atoms with van der Waals surface area (Å²) in [6.07, 6.45) is 0. The molecular formula is C16H14N4O2. The van der Waals surface area contributed by atoms with Crippen LogP contribution in [0.15, 0.2) is 48.5 Å². The van der Waals surface area contributed by atoms with Crippen LogP contribution in [0.5, 0.6) is 5.75 Å². The topological polar surface area (TPSA) is 77.0 Å². The van der Waals surface area contributed by atoms with Crippen molar-refractivity contribution < 1.29 is 9.53 Å². The molecule has 0 aliphatic carbocycles. The number of hydrogen-bond donors (Lipinski definition) is 1. The molecule has 3 rings (SSSR count). The van der Waals surface area contributed by atoms with Gasteiger partial charge in [-0.1, -0.05) is 30.3 Å². The van der Waals surface area contributed by atoms with E-state index in [2.05, 4.69) is 20.5 Å². The van der Waals surface area contributed by atoms with Crippen LogP contribution in [-0.4, -0.2) is 28.2 Å². The number of ether oxygens (including phenoxy) is 1.